The predicted octanol–water partition coefficient (Wildman–Crippen LogP) is 5.99. The number of nitrogens with one attached hydrogen (secondary N) is 1. The molecule has 0 bridgehead atoms. The van der Waals surface area contributed by atoms with E-state index >= 15 is 0 Å². The molecule has 8 nitrogen and oxygen atoms in total. The number of benzene rings is 2. The highest BCUT2D eigenvalue weighted by molar-refractivity contribution is 6.07. The topological polar surface area (TPSA) is 101 Å². The molecule has 1 amide bonds. The lowest BCUT2D eigenvalue weighted by atomic mass is 9.85. The lowest BCUT2D eigenvalue weighted by Gasteiger charge is -2.31. The number of nitrogens with zero attached hydrogens (tertiary/aromatic N) is 4. The summed E-state index contributed by atoms with van der Waals surface area (Å²) < 4.78 is 4.38. The van der Waals surface area contributed by atoms with E-state index in [0.29, 0.717) is 24.6 Å². The number of aromatic nitrogens is 3. The normalized spacial score (nSPS) is 18.0. The number of imidazole rings is 1. The Bertz CT molecular complexity index is 1780. The monoisotopic (exact) mass is 578 g/mol. The van der Waals surface area contributed by atoms with Crippen molar-refractivity contribution in [2.24, 2.45) is 11.1 Å². The summed E-state index contributed by atoms with van der Waals surface area (Å²) in [6.07, 6.45) is 1.61. The molecular weight excluding hydrogens is 536 g/mol. The summed E-state index contributed by atoms with van der Waals surface area (Å²) in [7, 11) is 0. The van der Waals surface area contributed by atoms with Crippen LogP contribution in [0, 0.1) is 12.3 Å². The number of hydrogen-bond acceptors (Lipinski definition) is 5. The number of amides is 1. The molecule has 3 aliphatic rings. The molecule has 0 spiro atoms. The zero-order chi connectivity index (χ0) is 30.4. The summed E-state index contributed by atoms with van der Waals surface area (Å²) in [4.78, 5) is 20.7. The van der Waals surface area contributed by atoms with Crippen molar-refractivity contribution in [3.8, 4) is 11.4 Å². The summed E-state index contributed by atoms with van der Waals surface area (Å²) in [5.41, 5.74) is 16.5. The minimum Gasteiger partial charge on any atom is -0.373 e. The van der Waals surface area contributed by atoms with Gasteiger partial charge in [0, 0.05) is 42.3 Å². The van der Waals surface area contributed by atoms with E-state index in [0.717, 1.165) is 59.8 Å². The van der Waals surface area contributed by atoms with Gasteiger partial charge in [0.25, 0.3) is 5.91 Å². The van der Waals surface area contributed by atoms with E-state index in [9.17, 15) is 9.90 Å². The molecule has 4 N–H and O–H groups in total. The summed E-state index contributed by atoms with van der Waals surface area (Å²) in [6, 6.07) is 14.7. The Labute approximate surface area is 253 Å². The first-order valence-corrected chi connectivity index (χ1v) is 15.4. The fourth-order valence-electron chi connectivity index (χ4n) is 7.28. The number of carbonyl (C=O) groups is 1. The molecule has 7 rings (SSSR count). The van der Waals surface area contributed by atoms with Crippen molar-refractivity contribution in [3.63, 3.8) is 0 Å². The van der Waals surface area contributed by atoms with Crippen molar-refractivity contribution in [1.29, 1.82) is 0 Å². The number of hydrogen-bond donors (Lipinski definition) is 3. The lowest BCUT2D eigenvalue weighted by molar-refractivity contribution is 0.0964. The standard InChI is InChI=1S/C35H42N6O2/c1-20-24(8-7-9-26(20)40-15-14-39-27(33(40)43)17-22-18-35(5,6)19-28(22)39)31-38-29(30(36)42)32-37-25-11-10-23(34(2,3)4)16-21(25)12-13-41(31)32/h7-11,16-17,30,37,42H,12-15,18-19,36H2,1-6H3. The Hall–Kier alpha value is -3.88. The number of rotatable bonds is 3. The average molecular weight is 579 g/mol. The molecule has 43 heavy (non-hydrogen) atoms. The number of carbonyl (C=O) groups excluding carboxylic acids is 1. The Morgan fingerprint density at radius 2 is 1.81 bits per heavy atom. The second-order valence-corrected chi connectivity index (χ2v) is 14.3. The first kappa shape index (κ1) is 27.9. The highest BCUT2D eigenvalue weighted by atomic mass is 16.3. The number of aliphatic hydroxyl groups is 1. The van der Waals surface area contributed by atoms with Gasteiger partial charge < -0.3 is 30.2 Å². The van der Waals surface area contributed by atoms with E-state index in [1.165, 1.54) is 22.4 Å². The molecule has 1 aliphatic carbocycles. The third-order valence-corrected chi connectivity index (χ3v) is 9.57. The maximum absolute atomic E-state index is 13.9. The molecule has 0 fully saturated rings. The van der Waals surface area contributed by atoms with Gasteiger partial charge in [0.05, 0.1) is 0 Å². The van der Waals surface area contributed by atoms with Gasteiger partial charge in [-0.3, -0.25) is 4.79 Å². The van der Waals surface area contributed by atoms with Crippen molar-refractivity contribution < 1.29 is 9.90 Å². The Morgan fingerprint density at radius 1 is 1.02 bits per heavy atom. The molecular formula is C35H42N6O2. The van der Waals surface area contributed by atoms with Crippen LogP contribution in [0.3, 0.4) is 0 Å². The van der Waals surface area contributed by atoms with E-state index < -0.39 is 6.23 Å². The largest absolute Gasteiger partial charge is 0.373 e. The van der Waals surface area contributed by atoms with Crippen LogP contribution in [0.2, 0.25) is 0 Å². The molecule has 0 radical (unpaired) electrons. The zero-order valence-corrected chi connectivity index (χ0v) is 26.1. The molecule has 0 saturated carbocycles. The fraction of sp³-hybridized carbons (Fsp3) is 0.429. The Kier molecular flexibility index (Phi) is 6.21. The molecule has 2 aromatic carbocycles. The second-order valence-electron chi connectivity index (χ2n) is 14.3. The molecule has 2 aromatic heterocycles. The average Bonchev–Trinajstić information content (AvgIpc) is 3.51. The van der Waals surface area contributed by atoms with E-state index in [-0.39, 0.29) is 16.7 Å². The molecule has 0 saturated heterocycles. The van der Waals surface area contributed by atoms with Crippen LogP contribution in [0.4, 0.5) is 17.2 Å². The van der Waals surface area contributed by atoms with E-state index in [1.54, 1.807) is 0 Å². The van der Waals surface area contributed by atoms with E-state index in [2.05, 4.69) is 80.3 Å². The molecule has 1 unspecified atom stereocenters. The molecule has 8 heteroatoms. The van der Waals surface area contributed by atoms with Crippen LogP contribution < -0.4 is 16.0 Å². The highest BCUT2D eigenvalue weighted by Crippen LogP contribution is 2.42. The van der Waals surface area contributed by atoms with Crippen molar-refractivity contribution in [1.82, 2.24) is 14.1 Å². The molecule has 1 atom stereocenters. The van der Waals surface area contributed by atoms with Gasteiger partial charge in [-0.25, -0.2) is 4.98 Å². The first-order valence-electron chi connectivity index (χ1n) is 15.4. The third kappa shape index (κ3) is 4.50. The van der Waals surface area contributed by atoms with Crippen LogP contribution in [0.15, 0.2) is 42.5 Å². The summed E-state index contributed by atoms with van der Waals surface area (Å²) >= 11 is 0. The summed E-state index contributed by atoms with van der Waals surface area (Å²) in [6.45, 7) is 15.4. The van der Waals surface area contributed by atoms with Gasteiger partial charge in [-0.1, -0.05) is 58.9 Å². The number of aliphatic hydroxyl groups excluding tert-OH is 1. The van der Waals surface area contributed by atoms with Gasteiger partial charge in [-0.2, -0.15) is 0 Å². The third-order valence-electron chi connectivity index (χ3n) is 9.57. The molecule has 4 heterocycles. The second kappa shape index (κ2) is 9.56. The van der Waals surface area contributed by atoms with Gasteiger partial charge in [-0.05, 0) is 77.5 Å². The maximum atomic E-state index is 13.9. The van der Waals surface area contributed by atoms with Gasteiger partial charge in [0.2, 0.25) is 0 Å². The van der Waals surface area contributed by atoms with Crippen LogP contribution in [-0.4, -0.2) is 31.7 Å². The van der Waals surface area contributed by atoms with Crippen LogP contribution in [-0.2, 0) is 37.8 Å². The molecule has 2 aliphatic heterocycles. The van der Waals surface area contributed by atoms with E-state index in [1.807, 2.05) is 23.1 Å². The maximum Gasteiger partial charge on any atom is 0.274 e. The van der Waals surface area contributed by atoms with Crippen molar-refractivity contribution in [2.75, 3.05) is 16.8 Å². The van der Waals surface area contributed by atoms with Gasteiger partial charge in [0.15, 0.2) is 0 Å². The molecule has 4 aromatic rings. The number of nitrogens with two attached hydrogens (primary N) is 1. The zero-order valence-electron chi connectivity index (χ0n) is 26.1. The smallest absolute Gasteiger partial charge is 0.274 e. The minimum absolute atomic E-state index is 0.0454. The number of aryl methyl sites for hydroxylation is 1. The molecule has 224 valence electrons. The fourth-order valence-corrected chi connectivity index (χ4v) is 7.28. The first-order chi connectivity index (χ1) is 20.3. The van der Waals surface area contributed by atoms with Gasteiger partial charge in [-0.15, -0.1) is 0 Å². The Morgan fingerprint density at radius 3 is 2.56 bits per heavy atom. The van der Waals surface area contributed by atoms with Crippen molar-refractivity contribution in [3.05, 3.63) is 81.8 Å². The quantitative estimate of drug-likeness (QED) is 0.259. The number of anilines is 3. The number of fused-ring (bicyclic) bond motifs is 5. The van der Waals surface area contributed by atoms with Crippen LogP contribution in [0.25, 0.3) is 11.4 Å². The van der Waals surface area contributed by atoms with Crippen LogP contribution >= 0.6 is 0 Å². The summed E-state index contributed by atoms with van der Waals surface area (Å²) in [5.74, 6) is 1.49. The highest BCUT2D eigenvalue weighted by Gasteiger charge is 2.37. The van der Waals surface area contributed by atoms with Crippen LogP contribution in [0.5, 0.6) is 0 Å². The SMILES string of the molecule is Cc1c(-c2nc(C(N)O)c3n2CCc2cc(C(C)(C)C)ccc2N3)cccc1N1CCn2c(cc3c2CC(C)(C)C3)C1=O. The van der Waals surface area contributed by atoms with Gasteiger partial charge >= 0.3 is 0 Å². The van der Waals surface area contributed by atoms with Gasteiger partial charge in [0.1, 0.15) is 29.3 Å². The summed E-state index contributed by atoms with van der Waals surface area (Å²) in [5, 5.41) is 14.1. The minimum atomic E-state index is -1.23. The van der Waals surface area contributed by atoms with Crippen molar-refractivity contribution >= 4 is 23.1 Å². The van der Waals surface area contributed by atoms with E-state index in [4.69, 9.17) is 10.7 Å². The lowest BCUT2D eigenvalue weighted by Crippen LogP contribution is -2.41. The predicted molar refractivity (Wildman–Crippen MR) is 171 cm³/mol. The van der Waals surface area contributed by atoms with Crippen molar-refractivity contribution in [2.45, 2.75) is 85.5 Å². The Balaban J connectivity index is 1.26. The van der Waals surface area contributed by atoms with Crippen LogP contribution in [0.1, 0.15) is 85.0 Å².